The SMILES string of the molecule is CC(C)(C)NCC(O)c1cccnc1C(F)(F)F. The topological polar surface area (TPSA) is 45.1 Å². The van der Waals surface area contributed by atoms with Gasteiger partial charge in [0.15, 0.2) is 0 Å². The first-order valence-electron chi connectivity index (χ1n) is 5.56. The van der Waals surface area contributed by atoms with Crippen molar-refractivity contribution in [1.82, 2.24) is 10.3 Å². The molecule has 1 unspecified atom stereocenters. The minimum atomic E-state index is -4.56. The number of aliphatic hydroxyl groups is 1. The van der Waals surface area contributed by atoms with Crippen LogP contribution in [0.5, 0.6) is 0 Å². The second-order valence-corrected chi connectivity index (χ2v) is 5.09. The molecule has 0 aliphatic rings. The molecule has 0 spiro atoms. The number of β-amino-alcohol motifs (C(OH)–C–C–N with tert-alkyl or cyclic N) is 1. The van der Waals surface area contributed by atoms with Gasteiger partial charge < -0.3 is 10.4 Å². The molecule has 102 valence electrons. The Kier molecular flexibility index (Phi) is 4.34. The van der Waals surface area contributed by atoms with Crippen LogP contribution in [-0.2, 0) is 6.18 Å². The third kappa shape index (κ3) is 4.27. The zero-order chi connectivity index (χ0) is 14.0. The first-order valence-corrected chi connectivity index (χ1v) is 5.56. The number of nitrogens with zero attached hydrogens (tertiary/aromatic N) is 1. The average Bonchev–Trinajstić information content (AvgIpc) is 2.24. The Balaban J connectivity index is 2.89. The van der Waals surface area contributed by atoms with Crippen LogP contribution in [0.4, 0.5) is 13.2 Å². The Morgan fingerprint density at radius 3 is 2.44 bits per heavy atom. The minimum Gasteiger partial charge on any atom is -0.387 e. The van der Waals surface area contributed by atoms with E-state index in [0.29, 0.717) is 0 Å². The van der Waals surface area contributed by atoms with E-state index in [1.807, 2.05) is 20.8 Å². The summed E-state index contributed by atoms with van der Waals surface area (Å²) in [6, 6.07) is 2.62. The van der Waals surface area contributed by atoms with E-state index in [1.165, 1.54) is 12.1 Å². The van der Waals surface area contributed by atoms with E-state index in [0.717, 1.165) is 6.20 Å². The van der Waals surface area contributed by atoms with E-state index >= 15 is 0 Å². The number of hydrogen-bond acceptors (Lipinski definition) is 3. The first-order chi connectivity index (χ1) is 8.11. The summed E-state index contributed by atoms with van der Waals surface area (Å²) in [5, 5.41) is 12.8. The molecule has 18 heavy (non-hydrogen) atoms. The molecule has 1 rings (SSSR count). The highest BCUT2D eigenvalue weighted by molar-refractivity contribution is 5.25. The molecule has 0 saturated heterocycles. The Hall–Kier alpha value is -1.14. The Labute approximate surface area is 104 Å². The average molecular weight is 262 g/mol. The molecule has 0 aromatic carbocycles. The summed E-state index contributed by atoms with van der Waals surface area (Å²) in [4.78, 5) is 3.30. The lowest BCUT2D eigenvalue weighted by Crippen LogP contribution is -2.38. The van der Waals surface area contributed by atoms with Crippen molar-refractivity contribution in [3.63, 3.8) is 0 Å². The van der Waals surface area contributed by atoms with Gasteiger partial charge in [0.05, 0.1) is 6.10 Å². The third-order valence-electron chi connectivity index (χ3n) is 2.29. The highest BCUT2D eigenvalue weighted by Crippen LogP contribution is 2.32. The van der Waals surface area contributed by atoms with Crippen molar-refractivity contribution in [2.24, 2.45) is 0 Å². The van der Waals surface area contributed by atoms with Gasteiger partial charge in [0.1, 0.15) is 5.69 Å². The quantitative estimate of drug-likeness (QED) is 0.879. The number of rotatable bonds is 3. The molecule has 6 heteroatoms. The van der Waals surface area contributed by atoms with Gasteiger partial charge in [-0.3, -0.25) is 4.98 Å². The van der Waals surface area contributed by atoms with Crippen molar-refractivity contribution >= 4 is 0 Å². The van der Waals surface area contributed by atoms with Crippen molar-refractivity contribution in [1.29, 1.82) is 0 Å². The number of aromatic nitrogens is 1. The van der Waals surface area contributed by atoms with Crippen molar-refractivity contribution in [2.75, 3.05) is 6.54 Å². The molecule has 3 nitrogen and oxygen atoms in total. The van der Waals surface area contributed by atoms with Crippen LogP contribution in [0.1, 0.15) is 38.1 Å². The Bertz CT molecular complexity index is 399. The summed E-state index contributed by atoms with van der Waals surface area (Å²) >= 11 is 0. The van der Waals surface area contributed by atoms with Gasteiger partial charge in [-0.25, -0.2) is 0 Å². The summed E-state index contributed by atoms with van der Waals surface area (Å²) < 4.78 is 38.1. The van der Waals surface area contributed by atoms with Gasteiger partial charge >= 0.3 is 6.18 Å². The second-order valence-electron chi connectivity index (χ2n) is 5.09. The first kappa shape index (κ1) is 14.9. The molecule has 0 aliphatic carbocycles. The van der Waals surface area contributed by atoms with Crippen LogP contribution in [0.2, 0.25) is 0 Å². The molecule has 1 aromatic rings. The van der Waals surface area contributed by atoms with E-state index in [2.05, 4.69) is 10.3 Å². The maximum atomic E-state index is 12.7. The molecule has 0 aliphatic heterocycles. The van der Waals surface area contributed by atoms with Gasteiger partial charge in [-0.1, -0.05) is 6.07 Å². The molecule has 0 fully saturated rings. The number of pyridine rings is 1. The van der Waals surface area contributed by atoms with Crippen LogP contribution >= 0.6 is 0 Å². The maximum absolute atomic E-state index is 12.7. The maximum Gasteiger partial charge on any atom is 0.433 e. The van der Waals surface area contributed by atoms with Crippen molar-refractivity contribution in [3.8, 4) is 0 Å². The lowest BCUT2D eigenvalue weighted by atomic mass is 10.0. The van der Waals surface area contributed by atoms with E-state index < -0.39 is 18.0 Å². The van der Waals surface area contributed by atoms with Crippen molar-refractivity contribution in [2.45, 2.75) is 38.6 Å². The lowest BCUT2D eigenvalue weighted by molar-refractivity contribution is -0.142. The normalized spacial score (nSPS) is 14.6. The van der Waals surface area contributed by atoms with Crippen LogP contribution in [0.3, 0.4) is 0 Å². The molecule has 1 aromatic heterocycles. The van der Waals surface area contributed by atoms with Crippen LogP contribution in [0, 0.1) is 0 Å². The number of halogens is 3. The minimum absolute atomic E-state index is 0.0400. The molecule has 0 saturated carbocycles. The van der Waals surface area contributed by atoms with Gasteiger partial charge in [-0.15, -0.1) is 0 Å². The number of alkyl halides is 3. The van der Waals surface area contributed by atoms with E-state index in [4.69, 9.17) is 0 Å². The monoisotopic (exact) mass is 262 g/mol. The Morgan fingerprint density at radius 1 is 1.33 bits per heavy atom. The Morgan fingerprint density at radius 2 is 1.94 bits per heavy atom. The van der Waals surface area contributed by atoms with E-state index in [-0.39, 0.29) is 17.6 Å². The van der Waals surface area contributed by atoms with Gasteiger partial charge in [0.25, 0.3) is 0 Å². The molecule has 1 atom stereocenters. The molecule has 2 N–H and O–H groups in total. The van der Waals surface area contributed by atoms with Crippen LogP contribution in [0.15, 0.2) is 18.3 Å². The van der Waals surface area contributed by atoms with Crippen molar-refractivity contribution < 1.29 is 18.3 Å². The van der Waals surface area contributed by atoms with Gasteiger partial charge in [-0.2, -0.15) is 13.2 Å². The standard InChI is InChI=1S/C12H17F3N2O/c1-11(2,3)17-7-9(18)8-5-4-6-16-10(8)12(13,14)15/h4-6,9,17-18H,7H2,1-3H3. The predicted molar refractivity (Wildman–Crippen MR) is 62.0 cm³/mol. The summed E-state index contributed by atoms with van der Waals surface area (Å²) in [5.74, 6) is 0. The highest BCUT2D eigenvalue weighted by Gasteiger charge is 2.36. The number of nitrogens with one attached hydrogen (secondary N) is 1. The molecule has 0 bridgehead atoms. The summed E-state index contributed by atoms with van der Waals surface area (Å²) in [6.45, 7) is 5.65. The predicted octanol–water partition coefficient (Wildman–Crippen LogP) is 2.52. The highest BCUT2D eigenvalue weighted by atomic mass is 19.4. The fourth-order valence-electron chi connectivity index (χ4n) is 1.44. The summed E-state index contributed by atoms with van der Waals surface area (Å²) in [5.41, 5.74) is -1.52. The fourth-order valence-corrected chi connectivity index (χ4v) is 1.44. The van der Waals surface area contributed by atoms with Gasteiger partial charge in [-0.05, 0) is 26.8 Å². The van der Waals surface area contributed by atoms with E-state index in [9.17, 15) is 18.3 Å². The zero-order valence-corrected chi connectivity index (χ0v) is 10.5. The van der Waals surface area contributed by atoms with Crippen LogP contribution in [-0.4, -0.2) is 22.2 Å². The molecule has 0 amide bonds. The van der Waals surface area contributed by atoms with Crippen LogP contribution in [0.25, 0.3) is 0 Å². The molecule has 0 radical (unpaired) electrons. The molecule has 1 heterocycles. The largest absolute Gasteiger partial charge is 0.433 e. The number of hydrogen-bond donors (Lipinski definition) is 2. The van der Waals surface area contributed by atoms with Crippen molar-refractivity contribution in [3.05, 3.63) is 29.6 Å². The summed E-state index contributed by atoms with van der Waals surface area (Å²) in [6.07, 6.45) is -4.73. The second kappa shape index (κ2) is 5.24. The van der Waals surface area contributed by atoms with Gasteiger partial charge in [0, 0.05) is 23.8 Å². The number of aliphatic hydroxyl groups excluding tert-OH is 1. The smallest absolute Gasteiger partial charge is 0.387 e. The van der Waals surface area contributed by atoms with Crippen LogP contribution < -0.4 is 5.32 Å². The summed E-state index contributed by atoms with van der Waals surface area (Å²) in [7, 11) is 0. The molecular formula is C12H17F3N2O. The fraction of sp³-hybridized carbons (Fsp3) is 0.583. The molecular weight excluding hydrogens is 245 g/mol. The van der Waals surface area contributed by atoms with E-state index in [1.54, 1.807) is 0 Å². The third-order valence-corrected chi connectivity index (χ3v) is 2.29. The zero-order valence-electron chi connectivity index (χ0n) is 10.5. The van der Waals surface area contributed by atoms with Gasteiger partial charge in [0.2, 0.25) is 0 Å². The lowest BCUT2D eigenvalue weighted by Gasteiger charge is -2.24.